The van der Waals surface area contributed by atoms with Gasteiger partial charge in [0.25, 0.3) is 5.78 Å². The molecule has 27 heavy (non-hydrogen) atoms. The van der Waals surface area contributed by atoms with Gasteiger partial charge in [-0.3, -0.25) is 0 Å². The van der Waals surface area contributed by atoms with E-state index in [1.165, 1.54) is 0 Å². The number of aromatic nitrogens is 4. The third-order valence-electron chi connectivity index (χ3n) is 4.14. The van der Waals surface area contributed by atoms with E-state index in [-0.39, 0.29) is 0 Å². The molecule has 2 heterocycles. The van der Waals surface area contributed by atoms with E-state index in [9.17, 15) is 0 Å². The summed E-state index contributed by atoms with van der Waals surface area (Å²) in [4.78, 5) is 9.06. The molecule has 0 saturated heterocycles. The second-order valence-electron chi connectivity index (χ2n) is 5.99. The lowest BCUT2D eigenvalue weighted by molar-refractivity contribution is 0.395. The Morgan fingerprint density at radius 1 is 0.926 bits per heavy atom. The first-order valence-electron chi connectivity index (χ1n) is 8.47. The molecule has 0 aliphatic heterocycles. The maximum Gasteiger partial charge on any atom is 0.254 e. The zero-order valence-corrected chi connectivity index (χ0v) is 15.3. The molecule has 7 heteroatoms. The Bertz CT molecular complexity index is 1090. The van der Waals surface area contributed by atoms with E-state index in [1.54, 1.807) is 18.7 Å². The van der Waals surface area contributed by atoms with Crippen LogP contribution in [0.5, 0.6) is 11.5 Å². The second-order valence-corrected chi connectivity index (χ2v) is 5.99. The van der Waals surface area contributed by atoms with E-state index in [2.05, 4.69) is 20.4 Å². The maximum atomic E-state index is 5.47. The van der Waals surface area contributed by atoms with Crippen molar-refractivity contribution < 1.29 is 9.47 Å². The van der Waals surface area contributed by atoms with Gasteiger partial charge >= 0.3 is 0 Å². The fraction of sp³-hybridized carbons (Fsp3) is 0.150. The predicted octanol–water partition coefficient (Wildman–Crippen LogP) is 3.86. The normalized spacial score (nSPS) is 10.8. The minimum atomic E-state index is 0.531. The molecule has 0 fully saturated rings. The Morgan fingerprint density at radius 2 is 1.74 bits per heavy atom. The number of benzene rings is 2. The predicted molar refractivity (Wildman–Crippen MR) is 104 cm³/mol. The molecule has 0 unspecified atom stereocenters. The summed E-state index contributed by atoms with van der Waals surface area (Å²) in [6.45, 7) is 1.92. The minimum Gasteiger partial charge on any atom is -0.497 e. The Balaban J connectivity index is 1.79. The van der Waals surface area contributed by atoms with Crippen molar-refractivity contribution in [3.63, 3.8) is 0 Å². The topological polar surface area (TPSA) is 73.6 Å². The maximum absolute atomic E-state index is 5.47. The lowest BCUT2D eigenvalue weighted by Crippen LogP contribution is -2.04. The molecular formula is C20H19N5O2. The molecule has 136 valence electrons. The molecule has 0 amide bonds. The largest absolute Gasteiger partial charge is 0.497 e. The summed E-state index contributed by atoms with van der Waals surface area (Å²) in [5.41, 5.74) is 2.57. The highest BCUT2D eigenvalue weighted by molar-refractivity contribution is 5.67. The monoisotopic (exact) mass is 361 g/mol. The first-order valence-corrected chi connectivity index (χ1v) is 8.47. The number of methoxy groups -OCH3 is 2. The average Bonchev–Trinajstić information content (AvgIpc) is 3.13. The Hall–Kier alpha value is -3.61. The van der Waals surface area contributed by atoms with Crippen molar-refractivity contribution >= 4 is 17.3 Å². The van der Waals surface area contributed by atoms with E-state index < -0.39 is 0 Å². The van der Waals surface area contributed by atoms with Crippen LogP contribution in [0, 0.1) is 6.92 Å². The van der Waals surface area contributed by atoms with Gasteiger partial charge < -0.3 is 14.8 Å². The van der Waals surface area contributed by atoms with Gasteiger partial charge in [0.05, 0.1) is 19.9 Å². The fourth-order valence-corrected chi connectivity index (χ4v) is 2.83. The average molecular weight is 361 g/mol. The van der Waals surface area contributed by atoms with Gasteiger partial charge in [-0.05, 0) is 19.1 Å². The Labute approximate surface area is 156 Å². The highest BCUT2D eigenvalue weighted by Gasteiger charge is 2.13. The van der Waals surface area contributed by atoms with Crippen LogP contribution in [-0.2, 0) is 0 Å². The Kier molecular flexibility index (Phi) is 4.33. The zero-order chi connectivity index (χ0) is 18.8. The number of ether oxygens (including phenoxy) is 2. The first kappa shape index (κ1) is 16.8. The summed E-state index contributed by atoms with van der Waals surface area (Å²) in [5.74, 6) is 3.29. The number of hydrogen-bond acceptors (Lipinski definition) is 6. The molecule has 0 radical (unpaired) electrons. The van der Waals surface area contributed by atoms with Gasteiger partial charge in [0.15, 0.2) is 5.82 Å². The molecule has 0 spiro atoms. The van der Waals surface area contributed by atoms with E-state index in [0.717, 1.165) is 28.5 Å². The number of anilines is 2. The summed E-state index contributed by atoms with van der Waals surface area (Å²) < 4.78 is 12.4. The van der Waals surface area contributed by atoms with Crippen LogP contribution in [0.25, 0.3) is 17.2 Å². The number of hydrogen-bond donors (Lipinski definition) is 1. The zero-order valence-electron chi connectivity index (χ0n) is 15.3. The summed E-state index contributed by atoms with van der Waals surface area (Å²) >= 11 is 0. The molecule has 4 rings (SSSR count). The molecule has 0 atom stereocenters. The molecule has 2 aromatic heterocycles. The van der Waals surface area contributed by atoms with Crippen molar-refractivity contribution in [1.29, 1.82) is 0 Å². The quantitative estimate of drug-likeness (QED) is 0.582. The van der Waals surface area contributed by atoms with Gasteiger partial charge in [-0.15, -0.1) is 5.10 Å². The molecule has 0 saturated carbocycles. The van der Waals surface area contributed by atoms with Crippen molar-refractivity contribution in [2.24, 2.45) is 0 Å². The number of nitrogens with one attached hydrogen (secondary N) is 1. The molecular weight excluding hydrogens is 342 g/mol. The highest BCUT2D eigenvalue weighted by Crippen LogP contribution is 2.31. The number of aryl methyl sites for hydroxylation is 1. The van der Waals surface area contributed by atoms with Gasteiger partial charge in [0.2, 0.25) is 0 Å². The van der Waals surface area contributed by atoms with E-state index in [1.807, 2.05) is 61.5 Å². The van der Waals surface area contributed by atoms with Crippen LogP contribution in [0.1, 0.15) is 5.69 Å². The fourth-order valence-electron chi connectivity index (χ4n) is 2.83. The van der Waals surface area contributed by atoms with Crippen LogP contribution in [0.2, 0.25) is 0 Å². The van der Waals surface area contributed by atoms with Crippen LogP contribution < -0.4 is 14.8 Å². The van der Waals surface area contributed by atoms with Crippen LogP contribution in [0.4, 0.5) is 11.5 Å². The van der Waals surface area contributed by atoms with Gasteiger partial charge in [-0.1, -0.05) is 30.3 Å². The number of fused-ring (bicyclic) bond motifs is 1. The highest BCUT2D eigenvalue weighted by atomic mass is 16.5. The van der Waals surface area contributed by atoms with Gasteiger partial charge in [0.1, 0.15) is 17.3 Å². The third kappa shape index (κ3) is 3.27. The smallest absolute Gasteiger partial charge is 0.254 e. The Morgan fingerprint density at radius 3 is 2.48 bits per heavy atom. The summed E-state index contributed by atoms with van der Waals surface area (Å²) in [6, 6.07) is 17.3. The van der Waals surface area contributed by atoms with Crippen molar-refractivity contribution in [1.82, 2.24) is 19.6 Å². The molecule has 2 aromatic carbocycles. The number of rotatable bonds is 5. The van der Waals surface area contributed by atoms with Crippen LogP contribution in [-0.4, -0.2) is 33.8 Å². The van der Waals surface area contributed by atoms with Crippen LogP contribution in [0.15, 0.2) is 54.6 Å². The SMILES string of the molecule is COc1ccc(Nc2cc(C)nc3nc(-c4ccccc4)nn23)c(OC)c1. The molecule has 7 nitrogen and oxygen atoms in total. The summed E-state index contributed by atoms with van der Waals surface area (Å²) in [6.07, 6.45) is 0. The second kappa shape index (κ2) is 6.95. The van der Waals surface area contributed by atoms with E-state index >= 15 is 0 Å². The lowest BCUT2D eigenvalue weighted by Gasteiger charge is -2.13. The first-order chi connectivity index (χ1) is 13.2. The third-order valence-corrected chi connectivity index (χ3v) is 4.14. The lowest BCUT2D eigenvalue weighted by atomic mass is 10.2. The summed E-state index contributed by atoms with van der Waals surface area (Å²) in [7, 11) is 3.24. The van der Waals surface area contributed by atoms with Crippen molar-refractivity contribution in [2.45, 2.75) is 6.92 Å². The van der Waals surface area contributed by atoms with Crippen molar-refractivity contribution in [3.8, 4) is 22.9 Å². The molecule has 1 N–H and O–H groups in total. The summed E-state index contributed by atoms with van der Waals surface area (Å²) in [5, 5.41) is 7.99. The van der Waals surface area contributed by atoms with E-state index in [0.29, 0.717) is 17.4 Å². The van der Waals surface area contributed by atoms with Gasteiger partial charge in [-0.25, -0.2) is 4.98 Å². The van der Waals surface area contributed by atoms with E-state index in [4.69, 9.17) is 9.47 Å². The molecule has 0 aliphatic rings. The van der Waals surface area contributed by atoms with Crippen molar-refractivity contribution in [3.05, 3.63) is 60.3 Å². The standard InChI is InChI=1S/C20H19N5O2/c1-13-11-18(22-16-10-9-15(26-2)12-17(16)27-3)25-20(21-13)23-19(24-25)14-7-5-4-6-8-14/h4-12,22H,1-3H3. The minimum absolute atomic E-state index is 0.531. The van der Waals surface area contributed by atoms with Crippen molar-refractivity contribution in [2.75, 3.05) is 19.5 Å². The molecule has 4 aromatic rings. The van der Waals surface area contributed by atoms with Crippen LogP contribution in [0.3, 0.4) is 0 Å². The van der Waals surface area contributed by atoms with Gasteiger partial charge in [0, 0.05) is 23.4 Å². The molecule has 0 bridgehead atoms. The number of nitrogens with zero attached hydrogens (tertiary/aromatic N) is 4. The van der Waals surface area contributed by atoms with Gasteiger partial charge in [-0.2, -0.15) is 9.50 Å². The van der Waals surface area contributed by atoms with Crippen LogP contribution >= 0.6 is 0 Å². The molecule has 0 aliphatic carbocycles.